The van der Waals surface area contributed by atoms with Crippen LogP contribution >= 0.6 is 0 Å². The first-order valence-electron chi connectivity index (χ1n) is 13.9. The first kappa shape index (κ1) is 49.8. The Morgan fingerprint density at radius 2 is 1.03 bits per heavy atom. The maximum Gasteiger partial charge on any atom is 0.330 e. The van der Waals surface area contributed by atoms with E-state index in [2.05, 4.69) is 27.7 Å². The van der Waals surface area contributed by atoms with Crippen molar-refractivity contribution in [2.45, 2.75) is 137 Å². The smallest absolute Gasteiger partial charge is 0.330 e. The minimum absolute atomic E-state index is 0. The molecule has 0 spiro atoms. The van der Waals surface area contributed by atoms with E-state index < -0.39 is 5.97 Å². The highest BCUT2D eigenvalue weighted by molar-refractivity contribution is 5.85. The van der Waals surface area contributed by atoms with Gasteiger partial charge in [-0.25, -0.2) is 4.79 Å². The lowest BCUT2D eigenvalue weighted by Crippen LogP contribution is -2.12. The molecule has 1 atom stereocenters. The summed E-state index contributed by atoms with van der Waals surface area (Å²) in [6, 6.07) is 0. The fourth-order valence-corrected chi connectivity index (χ4v) is 2.11. The lowest BCUT2D eigenvalue weighted by molar-refractivity contribution is -0.132. The molecule has 0 aliphatic rings. The van der Waals surface area contributed by atoms with Crippen LogP contribution in [0.1, 0.15) is 137 Å². The number of allylic oxidation sites excluding steroid dienone is 1. The van der Waals surface area contributed by atoms with Crippen molar-refractivity contribution in [3.63, 3.8) is 0 Å². The molecule has 234 valence electrons. The first-order chi connectivity index (χ1) is 17.0. The zero-order valence-electron chi connectivity index (χ0n) is 27.7. The number of carbonyl (C=O) groups is 5. The van der Waals surface area contributed by atoms with Crippen molar-refractivity contribution in [3.05, 3.63) is 11.6 Å². The van der Waals surface area contributed by atoms with Gasteiger partial charge in [-0.2, -0.15) is 0 Å². The van der Waals surface area contributed by atoms with Crippen molar-refractivity contribution in [2.24, 2.45) is 35.5 Å². The van der Waals surface area contributed by atoms with Gasteiger partial charge >= 0.3 is 5.97 Å². The highest BCUT2D eigenvalue weighted by atomic mass is 16.4. The molecular formula is C33H66O6. The zero-order chi connectivity index (χ0) is 31.8. The molecule has 1 N–H and O–H groups in total. The molecule has 0 saturated heterocycles. The molecule has 6 heteroatoms. The summed E-state index contributed by atoms with van der Waals surface area (Å²) in [4.78, 5) is 51.5. The standard InChI is InChI=1S/C7H12O2.2C7H14O.C6H12O.C5H10O.CH4/c1-5(2)4-6(3)7(8)9;1-6(2)4-5-7(3)8;1-5(2)6(3)7(4)8;1-5(2)4-6(3)7;1-4(2)5(3)6;/h4-5H,1-3H3,(H,8,9);6H,4-5H2,1-3H3;5-6H,1-4H3;5H,4H2,1-3H3;4H,1-3H3;1H4/b6-4+;;;;;. The summed E-state index contributed by atoms with van der Waals surface area (Å²) in [6.07, 6.45) is 4.23. The van der Waals surface area contributed by atoms with Crippen molar-refractivity contribution >= 4 is 29.1 Å². The number of Topliss-reactive ketones (excluding diaryl/α,β-unsaturated/α-hetero) is 4. The molecule has 0 aliphatic carbocycles. The first-order valence-corrected chi connectivity index (χ1v) is 13.9. The summed E-state index contributed by atoms with van der Waals surface area (Å²) in [7, 11) is 0. The van der Waals surface area contributed by atoms with Crippen LogP contribution in [0.4, 0.5) is 0 Å². The number of carboxylic acid groups (broad SMARTS) is 1. The van der Waals surface area contributed by atoms with Crippen LogP contribution in [0.2, 0.25) is 0 Å². The quantitative estimate of drug-likeness (QED) is 0.268. The second kappa shape index (κ2) is 30.4. The lowest BCUT2D eigenvalue weighted by Gasteiger charge is -2.09. The third kappa shape index (κ3) is 57.0. The summed E-state index contributed by atoms with van der Waals surface area (Å²) in [6.45, 7) is 30.2. The van der Waals surface area contributed by atoms with Gasteiger partial charge in [-0.3, -0.25) is 9.59 Å². The van der Waals surface area contributed by atoms with Gasteiger partial charge in [0, 0.05) is 30.3 Å². The number of carbonyl (C=O) groups excluding carboxylic acids is 4. The Labute approximate surface area is 242 Å². The van der Waals surface area contributed by atoms with Crippen LogP contribution in [0.5, 0.6) is 0 Å². The van der Waals surface area contributed by atoms with Gasteiger partial charge in [-0.1, -0.05) is 89.7 Å². The number of carboxylic acids is 1. The maximum atomic E-state index is 10.6. The fraction of sp³-hybridized carbons (Fsp3) is 0.788. The van der Waals surface area contributed by atoms with Gasteiger partial charge < -0.3 is 14.7 Å². The van der Waals surface area contributed by atoms with Crippen LogP contribution in [0.3, 0.4) is 0 Å². The SMILES string of the molecule is C.C/C(=C\C(C)C)C(=O)O.CC(=O)C(C)C.CC(=O)C(C)C(C)C.CC(=O)CC(C)C.CC(=O)CCC(C)C. The number of aliphatic carboxylic acids is 1. The molecule has 0 amide bonds. The van der Waals surface area contributed by atoms with Crippen LogP contribution in [-0.2, 0) is 24.0 Å². The van der Waals surface area contributed by atoms with Gasteiger partial charge in [0.25, 0.3) is 0 Å². The van der Waals surface area contributed by atoms with E-state index in [0.29, 0.717) is 40.8 Å². The Kier molecular flexibility index (Phi) is 38.9. The van der Waals surface area contributed by atoms with Gasteiger partial charge in [-0.05, 0) is 64.7 Å². The van der Waals surface area contributed by atoms with Gasteiger partial charge in [0.05, 0.1) is 0 Å². The molecule has 0 saturated carbocycles. The average molecular weight is 559 g/mol. The summed E-state index contributed by atoms with van der Waals surface area (Å²) >= 11 is 0. The molecule has 0 aliphatic heterocycles. The monoisotopic (exact) mass is 558 g/mol. The maximum absolute atomic E-state index is 10.6. The highest BCUT2D eigenvalue weighted by Crippen LogP contribution is 2.09. The van der Waals surface area contributed by atoms with Crippen LogP contribution in [0.15, 0.2) is 11.6 Å². The molecule has 1 unspecified atom stereocenters. The summed E-state index contributed by atoms with van der Waals surface area (Å²) in [5.41, 5.74) is 0.421. The second-order valence-corrected chi connectivity index (χ2v) is 11.7. The summed E-state index contributed by atoms with van der Waals surface area (Å²) in [5, 5.41) is 8.36. The summed E-state index contributed by atoms with van der Waals surface area (Å²) in [5.74, 6) is 2.76. The molecule has 0 fully saturated rings. The fourth-order valence-electron chi connectivity index (χ4n) is 2.11. The van der Waals surface area contributed by atoms with E-state index in [1.54, 1.807) is 40.7 Å². The average Bonchev–Trinajstić information content (AvgIpc) is 2.71. The van der Waals surface area contributed by atoms with Gasteiger partial charge in [-0.15, -0.1) is 0 Å². The van der Waals surface area contributed by atoms with Gasteiger partial charge in [0.15, 0.2) is 0 Å². The van der Waals surface area contributed by atoms with Crippen LogP contribution in [0, 0.1) is 35.5 Å². The molecule has 0 rings (SSSR count). The zero-order valence-corrected chi connectivity index (χ0v) is 27.7. The molecule has 0 bridgehead atoms. The largest absolute Gasteiger partial charge is 0.478 e. The molecule has 6 nitrogen and oxygen atoms in total. The number of hydrogen-bond acceptors (Lipinski definition) is 5. The molecule has 0 aromatic heterocycles. The van der Waals surface area contributed by atoms with Gasteiger partial charge in [0.2, 0.25) is 0 Å². The van der Waals surface area contributed by atoms with Crippen molar-refractivity contribution in [3.8, 4) is 0 Å². The summed E-state index contributed by atoms with van der Waals surface area (Å²) < 4.78 is 0. The van der Waals surface area contributed by atoms with E-state index >= 15 is 0 Å². The number of ketones is 4. The van der Waals surface area contributed by atoms with E-state index in [1.165, 1.54) is 0 Å². The van der Waals surface area contributed by atoms with Crippen LogP contribution < -0.4 is 0 Å². The van der Waals surface area contributed by atoms with E-state index in [-0.39, 0.29) is 30.8 Å². The Bertz CT molecular complexity index is 682. The number of hydrogen-bond donors (Lipinski definition) is 1. The third-order valence-corrected chi connectivity index (χ3v) is 5.14. The van der Waals surface area contributed by atoms with E-state index in [4.69, 9.17) is 5.11 Å². The van der Waals surface area contributed by atoms with Crippen molar-refractivity contribution in [2.75, 3.05) is 0 Å². The third-order valence-electron chi connectivity index (χ3n) is 5.14. The Morgan fingerprint density at radius 1 is 0.641 bits per heavy atom. The minimum atomic E-state index is -0.830. The predicted octanol–water partition coefficient (Wildman–Crippen LogP) is 9.04. The molecule has 0 aromatic rings. The van der Waals surface area contributed by atoms with Crippen molar-refractivity contribution < 1.29 is 29.1 Å². The van der Waals surface area contributed by atoms with E-state index in [9.17, 15) is 24.0 Å². The Hall–Kier alpha value is -2.11. The van der Waals surface area contributed by atoms with Crippen LogP contribution in [0.25, 0.3) is 0 Å². The lowest BCUT2D eigenvalue weighted by atomic mass is 9.95. The highest BCUT2D eigenvalue weighted by Gasteiger charge is 2.10. The second-order valence-electron chi connectivity index (χ2n) is 11.7. The number of rotatable bonds is 10. The van der Waals surface area contributed by atoms with Crippen LogP contribution in [-0.4, -0.2) is 34.2 Å². The van der Waals surface area contributed by atoms with Gasteiger partial charge in [0.1, 0.15) is 23.1 Å². The molecule has 0 heterocycles. The molecular weight excluding hydrogens is 492 g/mol. The topological polar surface area (TPSA) is 106 Å². The van der Waals surface area contributed by atoms with E-state index in [1.807, 2.05) is 48.5 Å². The minimum Gasteiger partial charge on any atom is -0.478 e. The molecule has 39 heavy (non-hydrogen) atoms. The Morgan fingerprint density at radius 3 is 1.08 bits per heavy atom. The van der Waals surface area contributed by atoms with E-state index in [0.717, 1.165) is 19.3 Å². The van der Waals surface area contributed by atoms with Crippen molar-refractivity contribution in [1.82, 2.24) is 0 Å². The Balaban J connectivity index is -0.0000000872. The molecule has 0 aromatic carbocycles. The predicted molar refractivity (Wildman–Crippen MR) is 168 cm³/mol. The normalized spacial score (nSPS) is 10.9. The van der Waals surface area contributed by atoms with Crippen molar-refractivity contribution in [1.29, 1.82) is 0 Å². The molecule has 0 radical (unpaired) electrons.